The number of hydrogen-bond donors (Lipinski definition) is 1. The summed E-state index contributed by atoms with van der Waals surface area (Å²) < 4.78 is 0. The van der Waals surface area contributed by atoms with Crippen LogP contribution in [0.4, 0.5) is 0 Å². The smallest absolute Gasteiger partial charge is 0.272 e. The highest BCUT2D eigenvalue weighted by molar-refractivity contribution is 5.95. The van der Waals surface area contributed by atoms with E-state index in [-0.39, 0.29) is 42.5 Å². The quantitative estimate of drug-likeness (QED) is 0.518. The van der Waals surface area contributed by atoms with E-state index in [4.69, 9.17) is 4.84 Å². The average molecular weight is 562 g/mol. The monoisotopic (exact) mass is 561 g/mol. The van der Waals surface area contributed by atoms with E-state index in [1.165, 1.54) is 11.1 Å². The van der Waals surface area contributed by atoms with Crippen molar-refractivity contribution in [1.29, 1.82) is 0 Å². The Bertz CT molecular complexity index is 1260. The minimum absolute atomic E-state index is 0.00710. The second-order valence-corrected chi connectivity index (χ2v) is 11.6. The topological polar surface area (TPSA) is 107 Å². The van der Waals surface area contributed by atoms with Gasteiger partial charge in [-0.3, -0.25) is 24.2 Å². The van der Waals surface area contributed by atoms with Gasteiger partial charge in [0.25, 0.3) is 11.8 Å². The molecule has 41 heavy (non-hydrogen) atoms. The first-order valence-electron chi connectivity index (χ1n) is 14.4. The molecule has 218 valence electrons. The van der Waals surface area contributed by atoms with Crippen molar-refractivity contribution in [2.24, 2.45) is 5.92 Å². The highest BCUT2D eigenvalue weighted by atomic mass is 16.7. The Kier molecular flexibility index (Phi) is 8.70. The molecule has 10 nitrogen and oxygen atoms in total. The fourth-order valence-electron chi connectivity index (χ4n) is 5.93. The van der Waals surface area contributed by atoms with Crippen molar-refractivity contribution < 1.29 is 24.3 Å². The summed E-state index contributed by atoms with van der Waals surface area (Å²) in [5, 5.41) is 11.1. The largest absolute Gasteiger partial charge is 0.508 e. The van der Waals surface area contributed by atoms with E-state index >= 15 is 0 Å². The third kappa shape index (κ3) is 6.44. The number of carbonyl (C=O) groups excluding carboxylic acids is 3. The molecular weight excluding hydrogens is 522 g/mol. The number of aromatic hydroxyl groups is 1. The van der Waals surface area contributed by atoms with Crippen LogP contribution in [0.1, 0.15) is 44.4 Å². The summed E-state index contributed by atoms with van der Waals surface area (Å²) >= 11 is 0. The van der Waals surface area contributed by atoms with E-state index in [2.05, 4.69) is 16.9 Å². The van der Waals surface area contributed by atoms with Crippen LogP contribution < -0.4 is 0 Å². The molecule has 10 heteroatoms. The van der Waals surface area contributed by atoms with Gasteiger partial charge < -0.3 is 19.8 Å². The van der Waals surface area contributed by atoms with Crippen molar-refractivity contribution in [3.8, 4) is 5.75 Å². The minimum atomic E-state index is -0.886. The SMILES string of the molecule is CC(C)C[C@H]1ON(C(=O)/C=C/c2ccccn2)[C@H]2CN(C3CCN(C)CC3)C(=O)[C@H](Cc3ccc(O)cc3)N2C1=O. The zero-order valence-corrected chi connectivity index (χ0v) is 23.9. The lowest BCUT2D eigenvalue weighted by molar-refractivity contribution is -0.275. The summed E-state index contributed by atoms with van der Waals surface area (Å²) in [5.74, 6) is -0.535. The lowest BCUT2D eigenvalue weighted by atomic mass is 9.94. The Hall–Kier alpha value is -3.76. The predicted molar refractivity (Wildman–Crippen MR) is 153 cm³/mol. The zero-order chi connectivity index (χ0) is 29.1. The molecule has 0 spiro atoms. The average Bonchev–Trinajstić information content (AvgIpc) is 2.96. The number of phenolic OH excluding ortho intramolecular Hbond substituents is 1. The molecule has 0 unspecified atom stereocenters. The Morgan fingerprint density at radius 1 is 1.10 bits per heavy atom. The van der Waals surface area contributed by atoms with E-state index in [1.54, 1.807) is 53.6 Å². The number of nitrogens with zero attached hydrogens (tertiary/aromatic N) is 5. The maximum absolute atomic E-state index is 14.2. The second kappa shape index (κ2) is 12.4. The maximum Gasteiger partial charge on any atom is 0.272 e. The van der Waals surface area contributed by atoms with Crippen LogP contribution in [-0.2, 0) is 25.6 Å². The van der Waals surface area contributed by atoms with Crippen molar-refractivity contribution in [1.82, 2.24) is 24.7 Å². The van der Waals surface area contributed by atoms with Gasteiger partial charge in [-0.1, -0.05) is 32.0 Å². The van der Waals surface area contributed by atoms with Crippen LogP contribution in [0.5, 0.6) is 5.75 Å². The minimum Gasteiger partial charge on any atom is -0.508 e. The van der Waals surface area contributed by atoms with Crippen LogP contribution in [0.2, 0.25) is 0 Å². The first-order valence-corrected chi connectivity index (χ1v) is 14.4. The number of piperazine rings is 1. The fraction of sp³-hybridized carbons (Fsp3) is 0.484. The third-order valence-corrected chi connectivity index (χ3v) is 8.11. The van der Waals surface area contributed by atoms with E-state index in [0.29, 0.717) is 12.1 Å². The van der Waals surface area contributed by atoms with Gasteiger partial charge >= 0.3 is 0 Å². The number of amides is 3. The summed E-state index contributed by atoms with van der Waals surface area (Å²) in [4.78, 5) is 58.0. The highest BCUT2D eigenvalue weighted by Gasteiger charge is 2.53. The molecule has 3 saturated heterocycles. The van der Waals surface area contributed by atoms with Gasteiger partial charge in [0.2, 0.25) is 5.91 Å². The van der Waals surface area contributed by atoms with Gasteiger partial charge in [-0.05, 0) is 81.2 Å². The first kappa shape index (κ1) is 28.8. The van der Waals surface area contributed by atoms with E-state index in [0.717, 1.165) is 31.5 Å². The second-order valence-electron chi connectivity index (χ2n) is 11.6. The summed E-state index contributed by atoms with van der Waals surface area (Å²) in [6, 6.07) is 11.3. The number of pyridine rings is 1. The number of phenols is 1. The van der Waals surface area contributed by atoms with Crippen molar-refractivity contribution in [2.75, 3.05) is 26.7 Å². The number of benzene rings is 1. The predicted octanol–water partition coefficient (Wildman–Crippen LogP) is 2.69. The molecule has 0 radical (unpaired) electrons. The summed E-state index contributed by atoms with van der Waals surface area (Å²) in [7, 11) is 2.07. The molecule has 3 aliphatic rings. The Morgan fingerprint density at radius 2 is 1.83 bits per heavy atom. The number of aromatic nitrogens is 1. The van der Waals surface area contributed by atoms with Crippen molar-refractivity contribution in [3.63, 3.8) is 0 Å². The van der Waals surface area contributed by atoms with Gasteiger partial charge in [0, 0.05) is 24.7 Å². The van der Waals surface area contributed by atoms with Gasteiger partial charge in [0.15, 0.2) is 12.3 Å². The summed E-state index contributed by atoms with van der Waals surface area (Å²) in [6.07, 6.45) is 5.35. The number of hydroxylamine groups is 2. The molecular formula is C31H39N5O5. The standard InChI is InChI=1S/C31H39N5O5/c1-21(2)18-27-31(40)35-26(19-22-7-10-25(37)11-8-22)30(39)34(24-13-16-33(3)17-14-24)20-28(35)36(41-27)29(38)12-9-23-6-4-5-15-32-23/h4-12,15,21,24,26-28,37H,13-14,16-20H2,1-3H3/b12-9+/t26-,27+,28-/m0/s1. The van der Waals surface area contributed by atoms with Crippen LogP contribution in [0.25, 0.3) is 6.08 Å². The van der Waals surface area contributed by atoms with Gasteiger partial charge in [-0.2, -0.15) is 5.06 Å². The van der Waals surface area contributed by atoms with Crippen molar-refractivity contribution in [2.45, 2.75) is 63.9 Å². The molecule has 3 atom stereocenters. The van der Waals surface area contributed by atoms with E-state index in [9.17, 15) is 19.5 Å². The molecule has 3 amide bonds. The number of likely N-dealkylation sites (tertiary alicyclic amines) is 1. The molecule has 1 aromatic heterocycles. The van der Waals surface area contributed by atoms with E-state index in [1.807, 2.05) is 24.8 Å². The molecule has 5 rings (SSSR count). The van der Waals surface area contributed by atoms with Crippen LogP contribution >= 0.6 is 0 Å². The van der Waals surface area contributed by atoms with Gasteiger partial charge in [0.05, 0.1) is 12.2 Å². The Balaban J connectivity index is 1.51. The summed E-state index contributed by atoms with van der Waals surface area (Å²) in [5.41, 5.74) is 1.44. The lowest BCUT2D eigenvalue weighted by Gasteiger charge is -2.54. The molecule has 3 fully saturated rings. The Morgan fingerprint density at radius 3 is 2.49 bits per heavy atom. The van der Waals surface area contributed by atoms with Crippen LogP contribution in [0.3, 0.4) is 0 Å². The molecule has 0 aliphatic carbocycles. The van der Waals surface area contributed by atoms with Gasteiger partial charge in [-0.25, -0.2) is 0 Å². The molecule has 2 aromatic rings. The zero-order valence-electron chi connectivity index (χ0n) is 23.9. The number of rotatable bonds is 7. The van der Waals surface area contributed by atoms with Gasteiger partial charge in [-0.15, -0.1) is 0 Å². The molecule has 1 N–H and O–H groups in total. The molecule has 0 saturated carbocycles. The maximum atomic E-state index is 14.2. The third-order valence-electron chi connectivity index (χ3n) is 8.11. The summed E-state index contributed by atoms with van der Waals surface area (Å²) in [6.45, 7) is 5.90. The highest BCUT2D eigenvalue weighted by Crippen LogP contribution is 2.33. The van der Waals surface area contributed by atoms with Crippen molar-refractivity contribution >= 4 is 23.8 Å². The number of carbonyl (C=O) groups is 3. The van der Waals surface area contributed by atoms with Gasteiger partial charge in [0.1, 0.15) is 11.8 Å². The normalized spacial score (nSPS) is 24.4. The van der Waals surface area contributed by atoms with Crippen LogP contribution in [0, 0.1) is 5.92 Å². The van der Waals surface area contributed by atoms with Crippen LogP contribution in [0.15, 0.2) is 54.7 Å². The molecule has 3 aliphatic heterocycles. The molecule has 0 bridgehead atoms. The number of hydrogen-bond acceptors (Lipinski definition) is 7. The first-order chi connectivity index (χ1) is 19.7. The number of fused-ring (bicyclic) bond motifs is 1. The molecule has 1 aromatic carbocycles. The lowest BCUT2D eigenvalue weighted by Crippen LogP contribution is -2.74. The van der Waals surface area contributed by atoms with E-state index < -0.39 is 24.2 Å². The van der Waals surface area contributed by atoms with Crippen LogP contribution in [-0.4, -0.2) is 98.6 Å². The Labute approximate surface area is 241 Å². The van der Waals surface area contributed by atoms with Crippen molar-refractivity contribution in [3.05, 3.63) is 66.0 Å². The molecule has 4 heterocycles. The fourth-order valence-corrected chi connectivity index (χ4v) is 5.93. The number of piperidine rings is 1.